The van der Waals surface area contributed by atoms with E-state index in [0.29, 0.717) is 12.0 Å². The van der Waals surface area contributed by atoms with Gasteiger partial charge in [-0.05, 0) is 31.7 Å². The Labute approximate surface area is 79.1 Å². The molecule has 74 valence electrons. The van der Waals surface area contributed by atoms with Crippen molar-refractivity contribution in [3.8, 4) is 0 Å². The average molecular weight is 182 g/mol. The number of nitrogens with two attached hydrogens (primary N) is 1. The summed E-state index contributed by atoms with van der Waals surface area (Å²) in [5.74, 6) is 0.699. The van der Waals surface area contributed by atoms with E-state index in [-0.39, 0.29) is 11.8 Å². The number of hydrogen-bond donors (Lipinski definition) is 2. The minimum Gasteiger partial charge on any atom is -0.369 e. The maximum absolute atomic E-state index is 11.2. The van der Waals surface area contributed by atoms with Gasteiger partial charge < -0.3 is 11.1 Å². The normalized spacial score (nSPS) is 35.4. The SMILES string of the molecule is NC(=O)[C@H]1CCN[C@@H]1C1CCCC1. The number of primary amides is 1. The van der Waals surface area contributed by atoms with Crippen LogP contribution in [0.4, 0.5) is 0 Å². The molecule has 0 aromatic carbocycles. The number of nitrogens with one attached hydrogen (secondary N) is 1. The first-order chi connectivity index (χ1) is 6.29. The van der Waals surface area contributed by atoms with E-state index in [0.717, 1.165) is 13.0 Å². The van der Waals surface area contributed by atoms with Gasteiger partial charge in [-0.25, -0.2) is 0 Å². The molecule has 3 heteroatoms. The van der Waals surface area contributed by atoms with Crippen molar-refractivity contribution in [3.05, 3.63) is 0 Å². The Morgan fingerprint density at radius 2 is 1.92 bits per heavy atom. The highest BCUT2D eigenvalue weighted by Crippen LogP contribution is 2.33. The fourth-order valence-corrected chi connectivity index (χ4v) is 2.86. The number of carbonyl (C=O) groups excluding carboxylic acids is 1. The van der Waals surface area contributed by atoms with E-state index >= 15 is 0 Å². The van der Waals surface area contributed by atoms with E-state index in [4.69, 9.17) is 5.73 Å². The largest absolute Gasteiger partial charge is 0.369 e. The minimum absolute atomic E-state index is 0.100. The summed E-state index contributed by atoms with van der Waals surface area (Å²) in [6.07, 6.45) is 6.15. The molecule has 0 radical (unpaired) electrons. The summed E-state index contributed by atoms with van der Waals surface area (Å²) in [4.78, 5) is 11.2. The van der Waals surface area contributed by atoms with Crippen LogP contribution in [0.5, 0.6) is 0 Å². The van der Waals surface area contributed by atoms with E-state index in [1.165, 1.54) is 25.7 Å². The molecule has 1 aliphatic heterocycles. The summed E-state index contributed by atoms with van der Waals surface area (Å²) in [6.45, 7) is 0.967. The Bertz CT molecular complexity index is 199. The molecule has 1 saturated carbocycles. The van der Waals surface area contributed by atoms with Crippen molar-refractivity contribution >= 4 is 5.91 Å². The topological polar surface area (TPSA) is 55.1 Å². The molecule has 3 nitrogen and oxygen atoms in total. The second-order valence-electron chi connectivity index (χ2n) is 4.32. The van der Waals surface area contributed by atoms with Crippen LogP contribution in [0, 0.1) is 11.8 Å². The van der Waals surface area contributed by atoms with Crippen LogP contribution in [0.3, 0.4) is 0 Å². The zero-order valence-electron chi connectivity index (χ0n) is 7.96. The summed E-state index contributed by atoms with van der Waals surface area (Å²) in [7, 11) is 0. The van der Waals surface area contributed by atoms with Gasteiger partial charge in [0.25, 0.3) is 0 Å². The second kappa shape index (κ2) is 3.66. The molecular formula is C10H18N2O. The average Bonchev–Trinajstić information content (AvgIpc) is 2.74. The van der Waals surface area contributed by atoms with Crippen LogP contribution < -0.4 is 11.1 Å². The highest BCUT2D eigenvalue weighted by atomic mass is 16.1. The predicted octanol–water partition coefficient (Wildman–Crippen LogP) is 0.640. The van der Waals surface area contributed by atoms with E-state index in [1.807, 2.05) is 0 Å². The molecule has 13 heavy (non-hydrogen) atoms. The Morgan fingerprint density at radius 3 is 2.54 bits per heavy atom. The smallest absolute Gasteiger partial charge is 0.222 e. The Balaban J connectivity index is 2.00. The molecule has 3 N–H and O–H groups in total. The molecule has 0 spiro atoms. The first-order valence-electron chi connectivity index (χ1n) is 5.32. The lowest BCUT2D eigenvalue weighted by molar-refractivity contribution is -0.122. The van der Waals surface area contributed by atoms with Crippen LogP contribution in [-0.2, 0) is 4.79 Å². The van der Waals surface area contributed by atoms with E-state index in [1.54, 1.807) is 0 Å². The second-order valence-corrected chi connectivity index (χ2v) is 4.32. The Hall–Kier alpha value is -0.570. The molecule has 0 aromatic rings. The standard InChI is InChI=1S/C10H18N2O/c11-10(13)8-5-6-12-9(8)7-3-1-2-4-7/h7-9,12H,1-6H2,(H2,11,13)/t8-,9+/m0/s1. The third kappa shape index (κ3) is 1.70. The van der Waals surface area contributed by atoms with Crippen molar-refractivity contribution in [3.63, 3.8) is 0 Å². The van der Waals surface area contributed by atoms with Gasteiger partial charge in [-0.2, -0.15) is 0 Å². The fraction of sp³-hybridized carbons (Fsp3) is 0.900. The lowest BCUT2D eigenvalue weighted by Gasteiger charge is -2.23. The Morgan fingerprint density at radius 1 is 1.23 bits per heavy atom. The monoisotopic (exact) mass is 182 g/mol. The lowest BCUT2D eigenvalue weighted by atomic mass is 9.88. The van der Waals surface area contributed by atoms with Gasteiger partial charge in [0.2, 0.25) is 5.91 Å². The summed E-state index contributed by atoms with van der Waals surface area (Å²) < 4.78 is 0. The van der Waals surface area contributed by atoms with Crippen LogP contribution >= 0.6 is 0 Å². The van der Waals surface area contributed by atoms with Gasteiger partial charge in [0, 0.05) is 6.04 Å². The van der Waals surface area contributed by atoms with Crippen molar-refractivity contribution in [2.45, 2.75) is 38.1 Å². The van der Waals surface area contributed by atoms with Crippen LogP contribution in [0.25, 0.3) is 0 Å². The first kappa shape index (κ1) is 9.00. The number of amides is 1. The van der Waals surface area contributed by atoms with Gasteiger partial charge in [0.05, 0.1) is 5.92 Å². The van der Waals surface area contributed by atoms with Gasteiger partial charge in [0.1, 0.15) is 0 Å². The van der Waals surface area contributed by atoms with Crippen LogP contribution in [-0.4, -0.2) is 18.5 Å². The molecule has 1 aliphatic carbocycles. The maximum atomic E-state index is 11.2. The molecule has 2 aliphatic rings. The minimum atomic E-state index is -0.109. The van der Waals surface area contributed by atoms with Crippen molar-refractivity contribution in [1.82, 2.24) is 5.32 Å². The van der Waals surface area contributed by atoms with Crippen molar-refractivity contribution in [2.75, 3.05) is 6.54 Å². The summed E-state index contributed by atoms with van der Waals surface area (Å²) in [5.41, 5.74) is 5.38. The summed E-state index contributed by atoms with van der Waals surface area (Å²) in [6, 6.07) is 0.389. The van der Waals surface area contributed by atoms with Crippen molar-refractivity contribution in [1.29, 1.82) is 0 Å². The van der Waals surface area contributed by atoms with Gasteiger partial charge in [0.15, 0.2) is 0 Å². The molecule has 1 saturated heterocycles. The lowest BCUT2D eigenvalue weighted by Crippen LogP contribution is -2.39. The Kier molecular flexibility index (Phi) is 2.54. The molecule has 0 bridgehead atoms. The zero-order valence-corrected chi connectivity index (χ0v) is 7.96. The maximum Gasteiger partial charge on any atom is 0.222 e. The molecule has 2 atom stereocenters. The summed E-state index contributed by atoms with van der Waals surface area (Å²) in [5, 5.41) is 3.43. The van der Waals surface area contributed by atoms with Gasteiger partial charge in [-0.15, -0.1) is 0 Å². The van der Waals surface area contributed by atoms with E-state index in [9.17, 15) is 4.79 Å². The molecule has 2 fully saturated rings. The zero-order chi connectivity index (χ0) is 9.26. The first-order valence-corrected chi connectivity index (χ1v) is 5.32. The van der Waals surface area contributed by atoms with Crippen molar-refractivity contribution in [2.24, 2.45) is 17.6 Å². The molecular weight excluding hydrogens is 164 g/mol. The molecule has 0 aromatic heterocycles. The van der Waals surface area contributed by atoms with Crippen LogP contribution in [0.2, 0.25) is 0 Å². The van der Waals surface area contributed by atoms with E-state index < -0.39 is 0 Å². The quantitative estimate of drug-likeness (QED) is 0.658. The predicted molar refractivity (Wildman–Crippen MR) is 51.1 cm³/mol. The number of carbonyl (C=O) groups is 1. The molecule has 0 unspecified atom stereocenters. The van der Waals surface area contributed by atoms with Gasteiger partial charge >= 0.3 is 0 Å². The van der Waals surface area contributed by atoms with Gasteiger partial charge in [-0.3, -0.25) is 4.79 Å². The van der Waals surface area contributed by atoms with Crippen LogP contribution in [0.1, 0.15) is 32.1 Å². The van der Waals surface area contributed by atoms with Crippen molar-refractivity contribution < 1.29 is 4.79 Å². The molecule has 1 heterocycles. The number of rotatable bonds is 2. The highest BCUT2D eigenvalue weighted by Gasteiger charge is 2.37. The highest BCUT2D eigenvalue weighted by molar-refractivity contribution is 5.77. The fourth-order valence-electron chi connectivity index (χ4n) is 2.86. The third-order valence-electron chi connectivity index (χ3n) is 3.54. The number of hydrogen-bond acceptors (Lipinski definition) is 2. The summed E-state index contributed by atoms with van der Waals surface area (Å²) >= 11 is 0. The molecule has 2 rings (SSSR count). The van der Waals surface area contributed by atoms with Crippen LogP contribution in [0.15, 0.2) is 0 Å². The third-order valence-corrected chi connectivity index (χ3v) is 3.54. The van der Waals surface area contributed by atoms with E-state index in [2.05, 4.69) is 5.32 Å². The molecule has 1 amide bonds. The van der Waals surface area contributed by atoms with Gasteiger partial charge in [-0.1, -0.05) is 12.8 Å².